The van der Waals surface area contributed by atoms with Crippen LogP contribution in [0.3, 0.4) is 0 Å². The lowest BCUT2D eigenvalue weighted by atomic mass is 9.97. The van der Waals surface area contributed by atoms with Gasteiger partial charge < -0.3 is 10.6 Å². The molecule has 2 rings (SSSR count). The minimum Gasteiger partial charge on any atom is -0.326 e. The number of benzene rings is 1. The fraction of sp³-hybridized carbons (Fsp3) is 0.462. The molecule has 1 fully saturated rings. The number of nitrogens with one attached hydrogen (secondary N) is 2. The highest BCUT2D eigenvalue weighted by Gasteiger charge is 2.29. The molecule has 92 valence electrons. The molecule has 2 unspecified atom stereocenters. The van der Waals surface area contributed by atoms with Crippen LogP contribution in [0.2, 0.25) is 0 Å². The van der Waals surface area contributed by atoms with Crippen molar-refractivity contribution in [1.29, 1.82) is 0 Å². The Balaban J connectivity index is 2.07. The van der Waals surface area contributed by atoms with Gasteiger partial charge in [-0.05, 0) is 43.1 Å². The van der Waals surface area contributed by atoms with Gasteiger partial charge in [-0.2, -0.15) is 0 Å². The normalized spacial score (nSPS) is 23.7. The van der Waals surface area contributed by atoms with Crippen molar-refractivity contribution in [3.63, 3.8) is 0 Å². The van der Waals surface area contributed by atoms with Crippen molar-refractivity contribution in [2.45, 2.75) is 13.8 Å². The smallest absolute Gasteiger partial charge is 0.229 e. The van der Waals surface area contributed by atoms with Crippen molar-refractivity contribution in [1.82, 2.24) is 5.32 Å². The Labute approximate surface area is 110 Å². The molecule has 1 aromatic rings. The molecule has 3 nitrogen and oxygen atoms in total. The van der Waals surface area contributed by atoms with E-state index in [1.54, 1.807) is 0 Å². The summed E-state index contributed by atoms with van der Waals surface area (Å²) in [6.07, 6.45) is 0. The summed E-state index contributed by atoms with van der Waals surface area (Å²) in [6.45, 7) is 5.81. The maximum atomic E-state index is 12.1. The second-order valence-corrected chi connectivity index (χ2v) is 5.61. The number of carbonyl (C=O) groups excluding carboxylic acids is 1. The lowest BCUT2D eigenvalue weighted by Crippen LogP contribution is -2.28. The Morgan fingerprint density at radius 3 is 2.82 bits per heavy atom. The van der Waals surface area contributed by atoms with E-state index in [-0.39, 0.29) is 11.8 Å². The van der Waals surface area contributed by atoms with Gasteiger partial charge in [0.2, 0.25) is 5.91 Å². The zero-order valence-corrected chi connectivity index (χ0v) is 11.7. The van der Waals surface area contributed by atoms with Gasteiger partial charge in [0.15, 0.2) is 0 Å². The molecule has 4 heteroatoms. The highest BCUT2D eigenvalue weighted by atomic mass is 79.9. The highest BCUT2D eigenvalue weighted by Crippen LogP contribution is 2.22. The van der Waals surface area contributed by atoms with Crippen LogP contribution in [0.1, 0.15) is 12.5 Å². The molecule has 2 atom stereocenters. The summed E-state index contributed by atoms with van der Waals surface area (Å²) in [5, 5.41) is 6.25. The van der Waals surface area contributed by atoms with Crippen molar-refractivity contribution in [2.24, 2.45) is 11.8 Å². The van der Waals surface area contributed by atoms with Gasteiger partial charge in [0.05, 0.1) is 5.92 Å². The van der Waals surface area contributed by atoms with E-state index in [9.17, 15) is 4.79 Å². The molecule has 0 aromatic heterocycles. The third-order valence-electron chi connectivity index (χ3n) is 3.30. The SMILES string of the molecule is Cc1cc(Br)ccc1NC(=O)C1CNCC1C. The summed E-state index contributed by atoms with van der Waals surface area (Å²) >= 11 is 3.42. The molecule has 0 aliphatic carbocycles. The molecule has 1 aliphatic heterocycles. The van der Waals surface area contributed by atoms with E-state index in [0.717, 1.165) is 28.8 Å². The summed E-state index contributed by atoms with van der Waals surface area (Å²) < 4.78 is 1.03. The van der Waals surface area contributed by atoms with Crippen LogP contribution in [0.4, 0.5) is 5.69 Å². The van der Waals surface area contributed by atoms with E-state index in [1.165, 1.54) is 0 Å². The predicted octanol–water partition coefficient (Wildman–Crippen LogP) is 2.55. The van der Waals surface area contributed by atoms with Gasteiger partial charge >= 0.3 is 0 Å². The minimum atomic E-state index is 0.0815. The minimum absolute atomic E-state index is 0.0815. The average Bonchev–Trinajstić information content (AvgIpc) is 2.68. The van der Waals surface area contributed by atoms with Gasteiger partial charge in [0.1, 0.15) is 0 Å². The molecule has 1 heterocycles. The molecule has 2 N–H and O–H groups in total. The third-order valence-corrected chi connectivity index (χ3v) is 3.79. The Bertz CT molecular complexity index is 433. The van der Waals surface area contributed by atoms with Gasteiger partial charge in [-0.1, -0.05) is 22.9 Å². The van der Waals surface area contributed by atoms with Crippen LogP contribution in [-0.4, -0.2) is 19.0 Å². The molecule has 1 saturated heterocycles. The van der Waals surface area contributed by atoms with Crippen molar-refractivity contribution in [3.8, 4) is 0 Å². The zero-order chi connectivity index (χ0) is 12.4. The first kappa shape index (κ1) is 12.6. The molecular weight excluding hydrogens is 280 g/mol. The van der Waals surface area contributed by atoms with Crippen LogP contribution in [0.25, 0.3) is 0 Å². The van der Waals surface area contributed by atoms with Crippen LogP contribution in [0, 0.1) is 18.8 Å². The summed E-state index contributed by atoms with van der Waals surface area (Å²) in [4.78, 5) is 12.1. The van der Waals surface area contributed by atoms with E-state index >= 15 is 0 Å². The summed E-state index contributed by atoms with van der Waals surface area (Å²) in [5.74, 6) is 0.608. The number of aryl methyl sites for hydroxylation is 1. The van der Waals surface area contributed by atoms with Gasteiger partial charge in [-0.3, -0.25) is 4.79 Å². The van der Waals surface area contributed by atoms with Gasteiger partial charge in [0, 0.05) is 16.7 Å². The number of rotatable bonds is 2. The molecule has 0 saturated carbocycles. The molecular formula is C13H17BrN2O. The highest BCUT2D eigenvalue weighted by molar-refractivity contribution is 9.10. The lowest BCUT2D eigenvalue weighted by molar-refractivity contribution is -0.120. The number of hydrogen-bond acceptors (Lipinski definition) is 2. The number of amides is 1. The Morgan fingerprint density at radius 2 is 2.24 bits per heavy atom. The fourth-order valence-corrected chi connectivity index (χ4v) is 2.63. The van der Waals surface area contributed by atoms with Crippen LogP contribution in [0.5, 0.6) is 0 Å². The zero-order valence-electron chi connectivity index (χ0n) is 10.1. The average molecular weight is 297 g/mol. The molecule has 1 amide bonds. The number of hydrogen-bond donors (Lipinski definition) is 2. The first-order valence-corrected chi connectivity index (χ1v) is 6.65. The van der Waals surface area contributed by atoms with E-state index < -0.39 is 0 Å². The van der Waals surface area contributed by atoms with E-state index in [0.29, 0.717) is 5.92 Å². The maximum Gasteiger partial charge on any atom is 0.229 e. The van der Waals surface area contributed by atoms with E-state index in [4.69, 9.17) is 0 Å². The predicted molar refractivity (Wildman–Crippen MR) is 73.0 cm³/mol. The van der Waals surface area contributed by atoms with E-state index in [1.807, 2.05) is 25.1 Å². The topological polar surface area (TPSA) is 41.1 Å². The van der Waals surface area contributed by atoms with Crippen molar-refractivity contribution >= 4 is 27.5 Å². The molecule has 17 heavy (non-hydrogen) atoms. The van der Waals surface area contributed by atoms with Crippen LogP contribution >= 0.6 is 15.9 Å². The van der Waals surface area contributed by atoms with Gasteiger partial charge in [-0.25, -0.2) is 0 Å². The van der Waals surface area contributed by atoms with Crippen molar-refractivity contribution in [3.05, 3.63) is 28.2 Å². The first-order valence-electron chi connectivity index (χ1n) is 5.85. The second-order valence-electron chi connectivity index (χ2n) is 4.69. The standard InChI is InChI=1S/C13H17BrN2O/c1-8-5-10(14)3-4-12(8)16-13(17)11-7-15-6-9(11)2/h3-5,9,11,15H,6-7H2,1-2H3,(H,16,17). The summed E-state index contributed by atoms with van der Waals surface area (Å²) in [5.41, 5.74) is 1.98. The van der Waals surface area contributed by atoms with Gasteiger partial charge in [-0.15, -0.1) is 0 Å². The Morgan fingerprint density at radius 1 is 1.47 bits per heavy atom. The fourth-order valence-electron chi connectivity index (χ4n) is 2.15. The Hall–Kier alpha value is -0.870. The quantitative estimate of drug-likeness (QED) is 0.881. The summed E-state index contributed by atoms with van der Waals surface area (Å²) in [7, 11) is 0. The van der Waals surface area contributed by atoms with Crippen molar-refractivity contribution < 1.29 is 4.79 Å². The number of anilines is 1. The molecule has 1 aliphatic rings. The maximum absolute atomic E-state index is 12.1. The van der Waals surface area contributed by atoms with E-state index in [2.05, 4.69) is 33.5 Å². The first-order chi connectivity index (χ1) is 8.08. The second kappa shape index (κ2) is 5.19. The molecule has 0 bridgehead atoms. The molecule has 0 radical (unpaired) electrons. The largest absolute Gasteiger partial charge is 0.326 e. The monoisotopic (exact) mass is 296 g/mol. The summed E-state index contributed by atoms with van der Waals surface area (Å²) in [6, 6.07) is 5.88. The third kappa shape index (κ3) is 2.87. The van der Waals surface area contributed by atoms with Crippen LogP contribution < -0.4 is 10.6 Å². The van der Waals surface area contributed by atoms with Gasteiger partial charge in [0.25, 0.3) is 0 Å². The van der Waals surface area contributed by atoms with Crippen LogP contribution in [-0.2, 0) is 4.79 Å². The molecule has 1 aromatic carbocycles. The molecule has 0 spiro atoms. The lowest BCUT2D eigenvalue weighted by Gasteiger charge is -2.15. The number of halogens is 1. The number of carbonyl (C=O) groups is 1. The Kier molecular flexibility index (Phi) is 3.84. The van der Waals surface area contributed by atoms with Crippen molar-refractivity contribution in [2.75, 3.05) is 18.4 Å². The van der Waals surface area contributed by atoms with Crippen LogP contribution in [0.15, 0.2) is 22.7 Å².